The maximum absolute atomic E-state index is 11.6. The van der Waals surface area contributed by atoms with E-state index in [2.05, 4.69) is 24.8 Å². The Morgan fingerprint density at radius 3 is 1.41 bits per heavy atom. The zero-order valence-corrected chi connectivity index (χ0v) is 19.0. The maximum atomic E-state index is 11.6. The molecule has 0 bridgehead atoms. The van der Waals surface area contributed by atoms with Crippen molar-refractivity contribution in [3.8, 4) is 0 Å². The summed E-state index contributed by atoms with van der Waals surface area (Å²) in [5.74, 6) is 1.56. The number of Topliss-reactive ketones (excluding diaryl/α,β-unsaturated/α-hetero) is 2. The van der Waals surface area contributed by atoms with Crippen LogP contribution in [0.5, 0.6) is 0 Å². The molecule has 0 aromatic heterocycles. The van der Waals surface area contributed by atoms with Gasteiger partial charge in [-0.1, -0.05) is 50.2 Å². The fraction of sp³-hybridized carbons (Fsp3) is 0.462. The molecular formula is C26H34N2O4. The lowest BCUT2D eigenvalue weighted by atomic mass is 9.88. The zero-order valence-electron chi connectivity index (χ0n) is 19.0. The second-order valence-corrected chi connectivity index (χ2v) is 8.84. The van der Waals surface area contributed by atoms with Gasteiger partial charge in [0.2, 0.25) is 0 Å². The van der Waals surface area contributed by atoms with Crippen molar-refractivity contribution in [1.29, 1.82) is 0 Å². The van der Waals surface area contributed by atoms with E-state index in [1.54, 1.807) is 0 Å². The highest BCUT2D eigenvalue weighted by molar-refractivity contribution is 5.84. The van der Waals surface area contributed by atoms with Crippen LogP contribution >= 0.6 is 0 Å². The first-order valence-corrected chi connectivity index (χ1v) is 11.5. The van der Waals surface area contributed by atoms with Gasteiger partial charge < -0.3 is 0 Å². The first kappa shape index (κ1) is 24.0. The minimum absolute atomic E-state index is 0.210. The van der Waals surface area contributed by atoms with Gasteiger partial charge in [0.05, 0.1) is 11.4 Å². The second-order valence-electron chi connectivity index (χ2n) is 8.84. The number of para-hydroxylation sites is 2. The molecule has 2 saturated carbocycles. The Labute approximate surface area is 190 Å². The molecule has 0 unspecified atom stereocenters. The fourth-order valence-corrected chi connectivity index (χ4v) is 3.85. The predicted octanol–water partition coefficient (Wildman–Crippen LogP) is 5.58. The van der Waals surface area contributed by atoms with Gasteiger partial charge in [-0.2, -0.15) is 0 Å². The van der Waals surface area contributed by atoms with Gasteiger partial charge in [0.25, 0.3) is 0 Å². The van der Waals surface area contributed by atoms with E-state index in [-0.39, 0.29) is 23.8 Å². The van der Waals surface area contributed by atoms with Gasteiger partial charge in [-0.25, -0.2) is 0 Å². The molecule has 6 heteroatoms. The van der Waals surface area contributed by atoms with E-state index in [9.17, 15) is 9.59 Å². The van der Waals surface area contributed by atoms with E-state index < -0.39 is 0 Å². The number of ketones is 2. The average Bonchev–Trinajstić information content (AvgIpc) is 2.82. The van der Waals surface area contributed by atoms with Gasteiger partial charge in [-0.15, -0.1) is 0 Å². The third-order valence-electron chi connectivity index (χ3n) is 5.90. The third-order valence-corrected chi connectivity index (χ3v) is 5.90. The summed E-state index contributed by atoms with van der Waals surface area (Å²) in [5.41, 5.74) is 7.45. The Morgan fingerprint density at radius 1 is 0.656 bits per heavy atom. The summed E-state index contributed by atoms with van der Waals surface area (Å²) in [6.07, 6.45) is 4.32. The molecule has 2 fully saturated rings. The SMILES string of the molecule is C[C@@H]1CCC(=O)[C@H](ONc2ccccc2)C1.C[C@H]1CCC(=O)[C@H](ONc2ccccc2)C1. The molecule has 2 aliphatic rings. The number of benzene rings is 2. The average molecular weight is 439 g/mol. The second kappa shape index (κ2) is 12.4. The van der Waals surface area contributed by atoms with Crippen molar-refractivity contribution in [2.24, 2.45) is 11.8 Å². The van der Waals surface area contributed by atoms with Crippen LogP contribution in [0.1, 0.15) is 52.4 Å². The highest BCUT2D eigenvalue weighted by Gasteiger charge is 2.28. The highest BCUT2D eigenvalue weighted by atomic mass is 16.7. The number of nitrogens with one attached hydrogen (secondary N) is 2. The van der Waals surface area contributed by atoms with Crippen LogP contribution in [0.15, 0.2) is 60.7 Å². The van der Waals surface area contributed by atoms with E-state index in [1.165, 1.54) is 0 Å². The molecule has 172 valence electrons. The van der Waals surface area contributed by atoms with Crippen LogP contribution in [-0.4, -0.2) is 23.8 Å². The van der Waals surface area contributed by atoms with Gasteiger partial charge in [0.15, 0.2) is 11.6 Å². The molecule has 0 saturated heterocycles. The normalized spacial score (nSPS) is 25.4. The molecule has 6 nitrogen and oxygen atoms in total. The molecule has 4 atom stereocenters. The standard InChI is InChI=1S/2C13H17NO2/c2*1-10-7-8-12(15)13(9-10)16-14-11-5-3-2-4-6-11/h2*2-6,10,13-14H,7-9H2,1H3/t10-,13+;10-,13-/m01/s1. The largest absolute Gasteiger partial charge is 0.297 e. The van der Waals surface area contributed by atoms with Crippen LogP contribution < -0.4 is 11.0 Å². The molecule has 0 aliphatic heterocycles. The summed E-state index contributed by atoms with van der Waals surface area (Å²) in [6, 6.07) is 19.3. The zero-order chi connectivity index (χ0) is 22.8. The highest BCUT2D eigenvalue weighted by Crippen LogP contribution is 2.24. The molecule has 0 heterocycles. The molecule has 2 N–H and O–H groups in total. The van der Waals surface area contributed by atoms with Crippen molar-refractivity contribution in [1.82, 2.24) is 0 Å². The van der Waals surface area contributed by atoms with Crippen LogP contribution in [-0.2, 0) is 19.3 Å². The quantitative estimate of drug-likeness (QED) is 0.574. The Bertz CT molecular complexity index is 772. The van der Waals surface area contributed by atoms with Crippen LogP contribution in [0.25, 0.3) is 0 Å². The Morgan fingerprint density at radius 2 is 1.03 bits per heavy atom. The van der Waals surface area contributed by atoms with E-state index in [0.717, 1.165) is 37.1 Å². The monoisotopic (exact) mass is 438 g/mol. The predicted molar refractivity (Wildman–Crippen MR) is 126 cm³/mol. The first-order valence-electron chi connectivity index (χ1n) is 11.5. The van der Waals surface area contributed by atoms with E-state index in [4.69, 9.17) is 9.68 Å². The van der Waals surface area contributed by atoms with Crippen molar-refractivity contribution in [2.75, 3.05) is 11.0 Å². The van der Waals surface area contributed by atoms with Crippen LogP contribution in [0.3, 0.4) is 0 Å². The molecule has 4 rings (SSSR count). The molecular weight excluding hydrogens is 404 g/mol. The minimum Gasteiger partial charge on any atom is -0.297 e. The fourth-order valence-electron chi connectivity index (χ4n) is 3.85. The van der Waals surface area contributed by atoms with Crippen molar-refractivity contribution in [2.45, 2.75) is 64.6 Å². The lowest BCUT2D eigenvalue weighted by Crippen LogP contribution is -2.32. The van der Waals surface area contributed by atoms with E-state index in [1.807, 2.05) is 60.7 Å². The van der Waals surface area contributed by atoms with Gasteiger partial charge in [-0.05, 0) is 61.8 Å². The Balaban J connectivity index is 0.000000181. The number of carbonyl (C=O) groups is 2. The third kappa shape index (κ3) is 7.77. The number of carbonyl (C=O) groups excluding carboxylic acids is 2. The summed E-state index contributed by atoms with van der Waals surface area (Å²) in [4.78, 5) is 34.1. The summed E-state index contributed by atoms with van der Waals surface area (Å²) in [5, 5.41) is 0. The van der Waals surface area contributed by atoms with Gasteiger partial charge in [0.1, 0.15) is 12.2 Å². The van der Waals surface area contributed by atoms with Crippen molar-refractivity contribution >= 4 is 22.9 Å². The van der Waals surface area contributed by atoms with Gasteiger partial charge in [-0.3, -0.25) is 30.2 Å². The van der Waals surface area contributed by atoms with Crippen LogP contribution in [0, 0.1) is 11.8 Å². The van der Waals surface area contributed by atoms with Crippen LogP contribution in [0.4, 0.5) is 11.4 Å². The molecule has 0 amide bonds. The first-order chi connectivity index (χ1) is 15.5. The van der Waals surface area contributed by atoms with E-state index >= 15 is 0 Å². The maximum Gasteiger partial charge on any atom is 0.164 e. The lowest BCUT2D eigenvalue weighted by molar-refractivity contribution is -0.133. The number of rotatable bonds is 6. The molecule has 2 aliphatic carbocycles. The molecule has 0 radical (unpaired) electrons. The van der Waals surface area contributed by atoms with Crippen molar-refractivity contribution in [3.05, 3.63) is 60.7 Å². The molecule has 2 aromatic rings. The van der Waals surface area contributed by atoms with Crippen molar-refractivity contribution < 1.29 is 19.3 Å². The summed E-state index contributed by atoms with van der Waals surface area (Å²) < 4.78 is 0. The summed E-state index contributed by atoms with van der Waals surface area (Å²) in [7, 11) is 0. The number of hydrogen-bond acceptors (Lipinski definition) is 6. The van der Waals surface area contributed by atoms with Crippen LogP contribution in [0.2, 0.25) is 0 Å². The van der Waals surface area contributed by atoms with E-state index in [0.29, 0.717) is 24.7 Å². The smallest absolute Gasteiger partial charge is 0.164 e. The van der Waals surface area contributed by atoms with Gasteiger partial charge in [0, 0.05) is 12.8 Å². The number of anilines is 2. The lowest BCUT2D eigenvalue weighted by Gasteiger charge is -2.25. The molecule has 0 spiro atoms. The molecule has 32 heavy (non-hydrogen) atoms. The number of hydrogen-bond donors (Lipinski definition) is 2. The van der Waals surface area contributed by atoms with Crippen molar-refractivity contribution in [3.63, 3.8) is 0 Å². The topological polar surface area (TPSA) is 76.7 Å². The van der Waals surface area contributed by atoms with Gasteiger partial charge >= 0.3 is 0 Å². The molecule has 2 aromatic carbocycles. The summed E-state index contributed by atoms with van der Waals surface area (Å²) >= 11 is 0. The Hall–Kier alpha value is -2.70. The Kier molecular flexibility index (Phi) is 9.26. The minimum atomic E-state index is -0.288. The summed E-state index contributed by atoms with van der Waals surface area (Å²) in [6.45, 7) is 4.32.